The first-order valence-electron chi connectivity index (χ1n) is 14.6. The SMILES string of the molecule is CC(C)C(OC(=O)Oc1c2n(ccc1=O)N([C@@H]1c3ccccc3SCc3c1ccc(F)c3F)C1COCCN1C2=O)C(C)C. The molecule has 2 atom stereocenters. The number of amides is 1. The van der Waals surface area contributed by atoms with Crippen molar-refractivity contribution in [2.75, 3.05) is 24.8 Å². The minimum absolute atomic E-state index is 0.0157. The van der Waals surface area contributed by atoms with E-state index in [0.29, 0.717) is 5.56 Å². The molecule has 0 saturated carbocycles. The van der Waals surface area contributed by atoms with Crippen LogP contribution in [0.3, 0.4) is 0 Å². The van der Waals surface area contributed by atoms with Gasteiger partial charge in [0.2, 0.25) is 11.2 Å². The molecule has 0 aliphatic carbocycles. The molecule has 1 aromatic heterocycles. The number of halogens is 2. The number of morpholine rings is 1. The van der Waals surface area contributed by atoms with Crippen LogP contribution in [0.15, 0.2) is 58.4 Å². The lowest BCUT2D eigenvalue weighted by atomic mass is 9.93. The smallest absolute Gasteiger partial charge is 0.430 e. The second-order valence-corrected chi connectivity index (χ2v) is 12.7. The Hall–Kier alpha value is -3.90. The Kier molecular flexibility index (Phi) is 8.14. The van der Waals surface area contributed by atoms with E-state index in [4.69, 9.17) is 14.2 Å². The number of hydrogen-bond acceptors (Lipinski definition) is 8. The number of rotatable bonds is 5. The number of pyridine rings is 1. The van der Waals surface area contributed by atoms with Crippen LogP contribution >= 0.6 is 11.8 Å². The minimum atomic E-state index is -1.09. The van der Waals surface area contributed by atoms with Crippen molar-refractivity contribution in [3.05, 3.63) is 92.9 Å². The highest BCUT2D eigenvalue weighted by Crippen LogP contribution is 2.45. The van der Waals surface area contributed by atoms with Crippen molar-refractivity contribution in [3.8, 4) is 5.75 Å². The second kappa shape index (κ2) is 11.9. The molecule has 3 aliphatic rings. The van der Waals surface area contributed by atoms with E-state index in [1.807, 2.05) is 57.0 Å². The summed E-state index contributed by atoms with van der Waals surface area (Å²) in [5.41, 5.74) is 0.656. The van der Waals surface area contributed by atoms with Gasteiger partial charge in [-0.05, 0) is 35.1 Å². The first-order chi connectivity index (χ1) is 21.1. The van der Waals surface area contributed by atoms with E-state index in [0.717, 1.165) is 16.5 Å². The maximum atomic E-state index is 15.4. The Morgan fingerprint density at radius 2 is 1.77 bits per heavy atom. The van der Waals surface area contributed by atoms with Gasteiger partial charge in [0.05, 0.1) is 19.3 Å². The zero-order chi connectivity index (χ0) is 31.3. The molecule has 44 heavy (non-hydrogen) atoms. The largest absolute Gasteiger partial charge is 0.514 e. The monoisotopic (exact) mass is 625 g/mol. The highest BCUT2D eigenvalue weighted by Gasteiger charge is 2.46. The van der Waals surface area contributed by atoms with Gasteiger partial charge in [-0.1, -0.05) is 52.0 Å². The third-order valence-electron chi connectivity index (χ3n) is 8.26. The third kappa shape index (κ3) is 5.13. The molecular formula is C32H33F2N3O6S. The summed E-state index contributed by atoms with van der Waals surface area (Å²) in [5.74, 6) is -2.73. The standard InChI is InChI=1S/C32H33F2N3O6S/c1-17(2)29(18(3)4)42-32(40)43-30-23(38)11-12-36-28(30)31(39)35-13-14-41-15-25(35)37(36)27-19-9-10-22(33)26(34)21(19)16-44-24-8-6-5-7-20(24)27/h5-12,17-18,25,27,29H,13-16H2,1-4H3/t25?,27-/m0/s1. The number of carbonyl (C=O) groups excluding carboxylic acids is 2. The summed E-state index contributed by atoms with van der Waals surface area (Å²) >= 11 is 1.39. The van der Waals surface area contributed by atoms with Gasteiger partial charge in [0.15, 0.2) is 17.3 Å². The van der Waals surface area contributed by atoms with Gasteiger partial charge < -0.3 is 19.1 Å². The lowest BCUT2D eigenvalue weighted by Gasteiger charge is -2.51. The molecule has 0 bridgehead atoms. The van der Waals surface area contributed by atoms with Crippen LogP contribution in [-0.2, 0) is 15.2 Å². The summed E-state index contributed by atoms with van der Waals surface area (Å²) < 4.78 is 48.4. The normalized spacial score (nSPS) is 19.3. The Morgan fingerprint density at radius 1 is 1.02 bits per heavy atom. The first kappa shape index (κ1) is 30.1. The fourth-order valence-corrected chi connectivity index (χ4v) is 7.44. The van der Waals surface area contributed by atoms with Crippen molar-refractivity contribution in [1.29, 1.82) is 0 Å². The maximum absolute atomic E-state index is 15.4. The van der Waals surface area contributed by atoms with Crippen LogP contribution in [-0.4, -0.2) is 53.7 Å². The summed E-state index contributed by atoms with van der Waals surface area (Å²) in [7, 11) is 0. The molecule has 4 heterocycles. The number of carbonyl (C=O) groups is 2. The van der Waals surface area contributed by atoms with Crippen molar-refractivity contribution >= 4 is 23.8 Å². The first-order valence-corrected chi connectivity index (χ1v) is 15.6. The second-order valence-electron chi connectivity index (χ2n) is 11.7. The summed E-state index contributed by atoms with van der Waals surface area (Å²) in [6.45, 7) is 8.20. The van der Waals surface area contributed by atoms with Gasteiger partial charge in [-0.15, -0.1) is 11.8 Å². The van der Waals surface area contributed by atoms with Crippen LogP contribution in [0, 0.1) is 23.5 Å². The summed E-state index contributed by atoms with van der Waals surface area (Å²) in [4.78, 5) is 42.8. The molecule has 6 rings (SSSR count). The highest BCUT2D eigenvalue weighted by molar-refractivity contribution is 7.98. The fraction of sp³-hybridized carbons (Fsp3) is 0.406. The molecule has 12 heteroatoms. The van der Waals surface area contributed by atoms with Crippen LogP contribution in [0.25, 0.3) is 0 Å². The number of aromatic nitrogens is 1. The van der Waals surface area contributed by atoms with Gasteiger partial charge >= 0.3 is 6.16 Å². The van der Waals surface area contributed by atoms with Gasteiger partial charge in [-0.25, -0.2) is 13.6 Å². The highest BCUT2D eigenvalue weighted by atomic mass is 32.2. The van der Waals surface area contributed by atoms with Gasteiger partial charge in [0.25, 0.3) is 5.91 Å². The lowest BCUT2D eigenvalue weighted by molar-refractivity contribution is -0.0202. The van der Waals surface area contributed by atoms with Crippen molar-refractivity contribution in [1.82, 2.24) is 9.58 Å². The molecule has 9 nitrogen and oxygen atoms in total. The molecule has 1 fully saturated rings. The molecule has 1 unspecified atom stereocenters. The Balaban J connectivity index is 1.54. The number of hydrogen-bond donors (Lipinski definition) is 0. The van der Waals surface area contributed by atoms with Gasteiger partial charge in [-0.2, -0.15) is 0 Å². The quantitative estimate of drug-likeness (QED) is 0.345. The van der Waals surface area contributed by atoms with E-state index in [2.05, 4.69) is 0 Å². The van der Waals surface area contributed by atoms with Crippen molar-refractivity contribution in [2.45, 2.75) is 56.7 Å². The number of ether oxygens (including phenoxy) is 3. The van der Waals surface area contributed by atoms with Crippen LogP contribution < -0.4 is 15.2 Å². The topological polar surface area (TPSA) is 90.3 Å². The molecular weight excluding hydrogens is 592 g/mol. The Bertz CT molecular complexity index is 1670. The van der Waals surface area contributed by atoms with Gasteiger partial charge in [0, 0.05) is 35.0 Å². The Labute approximate surface area is 257 Å². The van der Waals surface area contributed by atoms with E-state index >= 15 is 4.39 Å². The number of thioether (sulfide) groups is 1. The number of benzene rings is 2. The summed E-state index contributed by atoms with van der Waals surface area (Å²) in [5, 5.41) is 1.82. The third-order valence-corrected chi connectivity index (χ3v) is 9.38. The molecule has 0 N–H and O–H groups in total. The van der Waals surface area contributed by atoms with Crippen molar-refractivity contribution in [2.24, 2.45) is 11.8 Å². The maximum Gasteiger partial charge on any atom is 0.514 e. The van der Waals surface area contributed by atoms with E-state index in [1.54, 1.807) is 11.0 Å². The van der Waals surface area contributed by atoms with E-state index in [1.165, 1.54) is 28.7 Å². The van der Waals surface area contributed by atoms with Crippen molar-refractivity contribution in [3.63, 3.8) is 0 Å². The van der Waals surface area contributed by atoms with E-state index in [9.17, 15) is 18.8 Å². The van der Waals surface area contributed by atoms with Gasteiger partial charge in [0.1, 0.15) is 12.3 Å². The molecule has 232 valence electrons. The molecule has 0 radical (unpaired) electrons. The molecule has 1 saturated heterocycles. The number of nitrogens with zero attached hydrogens (tertiary/aromatic N) is 3. The lowest BCUT2D eigenvalue weighted by Crippen LogP contribution is -2.66. The van der Waals surface area contributed by atoms with E-state index in [-0.39, 0.29) is 48.6 Å². The van der Waals surface area contributed by atoms with Crippen LogP contribution in [0.5, 0.6) is 5.75 Å². The average Bonchev–Trinajstić information content (AvgIpc) is 3.16. The van der Waals surface area contributed by atoms with Crippen molar-refractivity contribution < 1.29 is 32.6 Å². The minimum Gasteiger partial charge on any atom is -0.430 e. The zero-order valence-electron chi connectivity index (χ0n) is 24.8. The molecule has 2 aromatic carbocycles. The predicted octanol–water partition coefficient (Wildman–Crippen LogP) is 5.47. The van der Waals surface area contributed by atoms with Gasteiger partial charge in [-0.3, -0.25) is 19.3 Å². The van der Waals surface area contributed by atoms with Crippen LogP contribution in [0.1, 0.15) is 60.9 Å². The van der Waals surface area contributed by atoms with Crippen LogP contribution in [0.2, 0.25) is 0 Å². The summed E-state index contributed by atoms with van der Waals surface area (Å²) in [6.07, 6.45) is -0.816. The molecule has 0 spiro atoms. The average molecular weight is 626 g/mol. The molecule has 3 aromatic rings. The molecule has 3 aliphatic heterocycles. The van der Waals surface area contributed by atoms with Crippen LogP contribution in [0.4, 0.5) is 13.6 Å². The number of fused-ring (bicyclic) bond motifs is 4. The summed E-state index contributed by atoms with van der Waals surface area (Å²) in [6, 6.07) is 10.7. The zero-order valence-corrected chi connectivity index (χ0v) is 25.6. The predicted molar refractivity (Wildman–Crippen MR) is 159 cm³/mol. The van der Waals surface area contributed by atoms with E-state index < -0.39 is 53.2 Å². The fourth-order valence-electron chi connectivity index (χ4n) is 6.33. The molecule has 1 amide bonds. The Morgan fingerprint density at radius 3 is 2.52 bits per heavy atom.